The first-order valence-electron chi connectivity index (χ1n) is 4.70. The molecule has 1 aromatic heterocycles. The Balaban J connectivity index is 2.17. The van der Waals surface area contributed by atoms with Crippen LogP contribution in [0, 0.1) is 6.92 Å². The average molecular weight is 209 g/mol. The Labute approximate surface area is 88.4 Å². The Hall–Kier alpha value is -1.62. The number of aromatic nitrogens is 2. The lowest BCUT2D eigenvalue weighted by molar-refractivity contribution is -0.132. The van der Waals surface area contributed by atoms with Gasteiger partial charge >= 0.3 is 5.97 Å². The molecule has 5 heteroatoms. The number of carboxylic acid groups (broad SMARTS) is 1. The van der Waals surface area contributed by atoms with Gasteiger partial charge in [0.05, 0.1) is 12.7 Å². The Morgan fingerprint density at radius 3 is 3.00 bits per heavy atom. The van der Waals surface area contributed by atoms with E-state index < -0.39 is 5.97 Å². The van der Waals surface area contributed by atoms with Crippen LogP contribution < -0.4 is 5.32 Å². The van der Waals surface area contributed by atoms with Gasteiger partial charge in [-0.25, -0.2) is 4.79 Å². The van der Waals surface area contributed by atoms with Gasteiger partial charge in [-0.3, -0.25) is 4.68 Å². The molecule has 0 aliphatic heterocycles. The minimum absolute atomic E-state index is 0.173. The van der Waals surface area contributed by atoms with Crippen molar-refractivity contribution in [3.63, 3.8) is 0 Å². The van der Waals surface area contributed by atoms with Crippen molar-refractivity contribution in [1.82, 2.24) is 15.1 Å². The van der Waals surface area contributed by atoms with Crippen molar-refractivity contribution >= 4 is 5.97 Å². The molecule has 0 aromatic carbocycles. The van der Waals surface area contributed by atoms with E-state index in [-0.39, 0.29) is 5.57 Å². The monoisotopic (exact) mass is 209 g/mol. The van der Waals surface area contributed by atoms with E-state index in [0.717, 1.165) is 12.1 Å². The fourth-order valence-corrected chi connectivity index (χ4v) is 1.10. The van der Waals surface area contributed by atoms with Crippen LogP contribution in [0.3, 0.4) is 0 Å². The zero-order valence-corrected chi connectivity index (χ0v) is 8.73. The smallest absolute Gasteiger partial charge is 0.332 e. The van der Waals surface area contributed by atoms with E-state index in [9.17, 15) is 4.79 Å². The number of nitrogens with zero attached hydrogens (tertiary/aromatic N) is 2. The molecule has 15 heavy (non-hydrogen) atoms. The summed E-state index contributed by atoms with van der Waals surface area (Å²) in [5.41, 5.74) is 1.29. The standard InChI is InChI=1S/C10H15N3O2/c1-8-5-12-13(7-8)4-3-11-6-9(2)10(14)15/h5,7,11H,2-4,6H2,1H3,(H,14,15). The summed E-state index contributed by atoms with van der Waals surface area (Å²) in [4.78, 5) is 10.4. The number of carbonyl (C=O) groups is 1. The fourth-order valence-electron chi connectivity index (χ4n) is 1.10. The van der Waals surface area contributed by atoms with Crippen molar-refractivity contribution < 1.29 is 9.90 Å². The van der Waals surface area contributed by atoms with Gasteiger partial charge in [0.15, 0.2) is 0 Å². The summed E-state index contributed by atoms with van der Waals surface area (Å²) in [5, 5.41) is 15.6. The van der Waals surface area contributed by atoms with Crippen LogP contribution >= 0.6 is 0 Å². The predicted octanol–water partition coefficient (Wildman–Crippen LogP) is 0.422. The highest BCUT2D eigenvalue weighted by molar-refractivity contribution is 5.86. The largest absolute Gasteiger partial charge is 0.478 e. The molecule has 5 nitrogen and oxygen atoms in total. The Morgan fingerprint density at radius 1 is 1.73 bits per heavy atom. The van der Waals surface area contributed by atoms with Crippen molar-refractivity contribution in [2.24, 2.45) is 0 Å². The quantitative estimate of drug-likeness (QED) is 0.526. The van der Waals surface area contributed by atoms with Gasteiger partial charge in [-0.2, -0.15) is 5.10 Å². The van der Waals surface area contributed by atoms with Crippen LogP contribution in [-0.4, -0.2) is 33.9 Å². The SMILES string of the molecule is C=C(CNCCn1cc(C)cn1)C(=O)O. The van der Waals surface area contributed by atoms with Gasteiger partial charge in [0.1, 0.15) is 0 Å². The van der Waals surface area contributed by atoms with Gasteiger partial charge in [0.2, 0.25) is 0 Å². The lowest BCUT2D eigenvalue weighted by Gasteiger charge is -2.04. The second-order valence-electron chi connectivity index (χ2n) is 3.37. The van der Waals surface area contributed by atoms with Crippen LogP contribution in [0.1, 0.15) is 5.56 Å². The van der Waals surface area contributed by atoms with E-state index in [2.05, 4.69) is 17.0 Å². The summed E-state index contributed by atoms with van der Waals surface area (Å²) >= 11 is 0. The van der Waals surface area contributed by atoms with Gasteiger partial charge in [0.25, 0.3) is 0 Å². The van der Waals surface area contributed by atoms with E-state index in [0.29, 0.717) is 13.1 Å². The topological polar surface area (TPSA) is 67.2 Å². The summed E-state index contributed by atoms with van der Waals surface area (Å²) in [6.45, 7) is 7.09. The van der Waals surface area contributed by atoms with Crippen molar-refractivity contribution in [1.29, 1.82) is 0 Å². The summed E-state index contributed by atoms with van der Waals surface area (Å²) in [7, 11) is 0. The third-order valence-electron chi connectivity index (χ3n) is 1.92. The number of carboxylic acids is 1. The highest BCUT2D eigenvalue weighted by Gasteiger charge is 2.02. The molecule has 1 heterocycles. The molecule has 0 unspecified atom stereocenters. The number of aryl methyl sites for hydroxylation is 1. The number of aliphatic carboxylic acids is 1. The molecule has 0 fully saturated rings. The molecule has 0 saturated carbocycles. The molecule has 2 N–H and O–H groups in total. The molecular formula is C10H15N3O2. The molecular weight excluding hydrogens is 194 g/mol. The minimum atomic E-state index is -0.961. The third-order valence-corrected chi connectivity index (χ3v) is 1.92. The highest BCUT2D eigenvalue weighted by Crippen LogP contribution is 1.93. The molecule has 0 aliphatic carbocycles. The van der Waals surface area contributed by atoms with Crippen LogP contribution in [-0.2, 0) is 11.3 Å². The first-order chi connectivity index (χ1) is 7.09. The van der Waals surface area contributed by atoms with E-state index in [1.807, 2.05) is 17.8 Å². The van der Waals surface area contributed by atoms with Crippen LogP contribution in [0.5, 0.6) is 0 Å². The second kappa shape index (κ2) is 5.31. The van der Waals surface area contributed by atoms with Crippen LogP contribution in [0.15, 0.2) is 24.5 Å². The van der Waals surface area contributed by atoms with E-state index in [1.54, 1.807) is 6.20 Å². The van der Waals surface area contributed by atoms with Crippen molar-refractivity contribution in [2.75, 3.05) is 13.1 Å². The third kappa shape index (κ3) is 3.95. The van der Waals surface area contributed by atoms with E-state index in [4.69, 9.17) is 5.11 Å². The van der Waals surface area contributed by atoms with E-state index >= 15 is 0 Å². The maximum absolute atomic E-state index is 10.4. The molecule has 1 rings (SSSR count). The maximum Gasteiger partial charge on any atom is 0.332 e. The fraction of sp³-hybridized carbons (Fsp3) is 0.400. The summed E-state index contributed by atoms with van der Waals surface area (Å²) in [5.74, 6) is -0.961. The number of hydrogen-bond acceptors (Lipinski definition) is 3. The average Bonchev–Trinajstić information content (AvgIpc) is 2.58. The first-order valence-corrected chi connectivity index (χ1v) is 4.70. The summed E-state index contributed by atoms with van der Waals surface area (Å²) < 4.78 is 1.81. The van der Waals surface area contributed by atoms with Gasteiger partial charge in [0, 0.05) is 24.9 Å². The lowest BCUT2D eigenvalue weighted by Crippen LogP contribution is -2.24. The summed E-state index contributed by atoms with van der Waals surface area (Å²) in [6, 6.07) is 0. The van der Waals surface area contributed by atoms with Crippen molar-refractivity contribution in [3.05, 3.63) is 30.1 Å². The summed E-state index contributed by atoms with van der Waals surface area (Å²) in [6.07, 6.45) is 3.73. The predicted molar refractivity (Wildman–Crippen MR) is 56.6 cm³/mol. The Bertz CT molecular complexity index is 357. The number of rotatable bonds is 6. The first kappa shape index (κ1) is 11.5. The van der Waals surface area contributed by atoms with E-state index in [1.165, 1.54) is 0 Å². The van der Waals surface area contributed by atoms with Crippen LogP contribution in [0.25, 0.3) is 0 Å². The molecule has 0 radical (unpaired) electrons. The molecule has 82 valence electrons. The normalized spacial score (nSPS) is 10.2. The van der Waals surface area contributed by atoms with Gasteiger partial charge in [-0.05, 0) is 12.5 Å². The molecule has 0 bridgehead atoms. The van der Waals surface area contributed by atoms with Crippen LogP contribution in [0.4, 0.5) is 0 Å². The Kier molecular flexibility index (Phi) is 4.05. The van der Waals surface area contributed by atoms with Gasteiger partial charge in [-0.15, -0.1) is 0 Å². The van der Waals surface area contributed by atoms with Crippen molar-refractivity contribution in [2.45, 2.75) is 13.5 Å². The maximum atomic E-state index is 10.4. The second-order valence-corrected chi connectivity index (χ2v) is 3.37. The number of hydrogen-bond donors (Lipinski definition) is 2. The lowest BCUT2D eigenvalue weighted by atomic mass is 10.3. The molecule has 0 spiro atoms. The number of nitrogens with one attached hydrogen (secondary N) is 1. The molecule has 1 aromatic rings. The Morgan fingerprint density at radius 2 is 2.47 bits per heavy atom. The zero-order chi connectivity index (χ0) is 11.3. The molecule has 0 saturated heterocycles. The minimum Gasteiger partial charge on any atom is -0.478 e. The molecule has 0 atom stereocenters. The van der Waals surface area contributed by atoms with Gasteiger partial charge in [-0.1, -0.05) is 6.58 Å². The molecule has 0 aliphatic rings. The molecule has 0 amide bonds. The van der Waals surface area contributed by atoms with Crippen molar-refractivity contribution in [3.8, 4) is 0 Å². The highest BCUT2D eigenvalue weighted by atomic mass is 16.4. The van der Waals surface area contributed by atoms with Crippen LogP contribution in [0.2, 0.25) is 0 Å². The van der Waals surface area contributed by atoms with Gasteiger partial charge < -0.3 is 10.4 Å². The zero-order valence-electron chi connectivity index (χ0n) is 8.73.